The Kier molecular flexibility index (Phi) is 6.58. The van der Waals surface area contributed by atoms with Crippen LogP contribution in [0.25, 0.3) is 0 Å². The van der Waals surface area contributed by atoms with Crippen molar-refractivity contribution in [3.63, 3.8) is 0 Å². The molecule has 0 spiro atoms. The number of nitriles is 1. The van der Waals surface area contributed by atoms with Crippen LogP contribution in [0.4, 0.5) is 5.82 Å². The van der Waals surface area contributed by atoms with Crippen LogP contribution in [0.5, 0.6) is 0 Å². The first-order valence-electron chi connectivity index (χ1n) is 6.59. The van der Waals surface area contributed by atoms with E-state index in [1.807, 2.05) is 13.0 Å². The van der Waals surface area contributed by atoms with Gasteiger partial charge in [0.25, 0.3) is 0 Å². The molecule has 6 nitrogen and oxygen atoms in total. The standard InChI is InChI=1S/C13H19BrN4O2S/c1-4-7-16-13-12(8-11(14)9-17-13)21(19,20)18(3)10(2)5-6-15/h8-10H,4-5,7H2,1-3H3,(H,16,17). The lowest BCUT2D eigenvalue weighted by Crippen LogP contribution is -2.35. The summed E-state index contributed by atoms with van der Waals surface area (Å²) in [6.07, 6.45) is 2.54. The van der Waals surface area contributed by atoms with Gasteiger partial charge in [-0.05, 0) is 35.3 Å². The topological polar surface area (TPSA) is 86.1 Å². The summed E-state index contributed by atoms with van der Waals surface area (Å²) in [6.45, 7) is 4.32. The number of nitrogens with one attached hydrogen (secondary N) is 1. The van der Waals surface area contributed by atoms with E-state index in [2.05, 4.69) is 26.2 Å². The predicted octanol–water partition coefficient (Wildman–Crippen LogP) is 2.59. The molecular weight excluding hydrogens is 356 g/mol. The maximum absolute atomic E-state index is 12.7. The van der Waals surface area contributed by atoms with E-state index in [4.69, 9.17) is 5.26 Å². The fraction of sp³-hybridized carbons (Fsp3) is 0.538. The maximum atomic E-state index is 12.7. The Hall–Kier alpha value is -1.17. The van der Waals surface area contributed by atoms with Crippen LogP contribution in [0.15, 0.2) is 21.6 Å². The van der Waals surface area contributed by atoms with Crippen molar-refractivity contribution in [3.8, 4) is 6.07 Å². The second-order valence-corrected chi connectivity index (χ2v) is 7.54. The van der Waals surface area contributed by atoms with Crippen molar-refractivity contribution in [1.29, 1.82) is 5.26 Å². The molecule has 0 aromatic carbocycles. The third kappa shape index (κ3) is 4.40. The van der Waals surface area contributed by atoms with Crippen molar-refractivity contribution in [2.75, 3.05) is 18.9 Å². The molecule has 1 atom stereocenters. The van der Waals surface area contributed by atoms with Gasteiger partial charge in [-0.25, -0.2) is 13.4 Å². The Morgan fingerprint density at radius 2 is 2.24 bits per heavy atom. The molecule has 0 amide bonds. The van der Waals surface area contributed by atoms with Crippen LogP contribution in [-0.2, 0) is 10.0 Å². The van der Waals surface area contributed by atoms with Gasteiger partial charge < -0.3 is 5.32 Å². The Morgan fingerprint density at radius 3 is 2.81 bits per heavy atom. The fourth-order valence-electron chi connectivity index (χ4n) is 1.65. The Balaban J connectivity index is 3.23. The Bertz CT molecular complexity index is 628. The summed E-state index contributed by atoms with van der Waals surface area (Å²) in [7, 11) is -2.24. The molecule has 0 aliphatic rings. The van der Waals surface area contributed by atoms with Crippen molar-refractivity contribution < 1.29 is 8.42 Å². The van der Waals surface area contributed by atoms with E-state index in [1.54, 1.807) is 13.1 Å². The van der Waals surface area contributed by atoms with Crippen molar-refractivity contribution in [2.45, 2.75) is 37.6 Å². The number of nitrogens with zero attached hydrogens (tertiary/aromatic N) is 3. The lowest BCUT2D eigenvalue weighted by atomic mass is 10.3. The number of sulfonamides is 1. The van der Waals surface area contributed by atoms with Gasteiger partial charge in [-0.1, -0.05) is 6.92 Å². The van der Waals surface area contributed by atoms with E-state index in [9.17, 15) is 8.42 Å². The van der Waals surface area contributed by atoms with E-state index in [-0.39, 0.29) is 11.3 Å². The molecule has 0 saturated carbocycles. The zero-order valence-electron chi connectivity index (χ0n) is 12.3. The van der Waals surface area contributed by atoms with E-state index >= 15 is 0 Å². The molecule has 1 heterocycles. The first-order valence-corrected chi connectivity index (χ1v) is 8.82. The second kappa shape index (κ2) is 7.73. The first kappa shape index (κ1) is 17.9. The fourth-order valence-corrected chi connectivity index (χ4v) is 3.63. The van der Waals surface area contributed by atoms with Gasteiger partial charge in [0.05, 0.1) is 12.5 Å². The first-order chi connectivity index (χ1) is 9.84. The maximum Gasteiger partial charge on any atom is 0.246 e. The molecule has 1 unspecified atom stereocenters. The summed E-state index contributed by atoms with van der Waals surface area (Å²) < 4.78 is 27.2. The van der Waals surface area contributed by atoms with Gasteiger partial charge in [0.1, 0.15) is 10.7 Å². The molecule has 1 N–H and O–H groups in total. The molecule has 8 heteroatoms. The van der Waals surface area contributed by atoms with Gasteiger partial charge >= 0.3 is 0 Å². The third-order valence-corrected chi connectivity index (χ3v) is 5.45. The number of pyridine rings is 1. The summed E-state index contributed by atoms with van der Waals surface area (Å²) in [5.74, 6) is 0.330. The molecule has 0 aliphatic carbocycles. The normalized spacial score (nSPS) is 13.0. The summed E-state index contributed by atoms with van der Waals surface area (Å²) in [5, 5.41) is 11.8. The van der Waals surface area contributed by atoms with E-state index < -0.39 is 16.1 Å². The molecule has 0 saturated heterocycles. The number of anilines is 1. The van der Waals surface area contributed by atoms with E-state index in [1.165, 1.54) is 17.4 Å². The minimum atomic E-state index is -3.72. The molecule has 116 valence electrons. The van der Waals surface area contributed by atoms with Crippen LogP contribution in [0.3, 0.4) is 0 Å². The molecule has 1 rings (SSSR count). The van der Waals surface area contributed by atoms with Gasteiger partial charge in [-0.15, -0.1) is 0 Å². The smallest absolute Gasteiger partial charge is 0.246 e. The lowest BCUT2D eigenvalue weighted by Gasteiger charge is -2.23. The average molecular weight is 375 g/mol. The van der Waals surface area contributed by atoms with Gasteiger partial charge in [0.2, 0.25) is 10.0 Å². The monoisotopic (exact) mass is 374 g/mol. The van der Waals surface area contributed by atoms with Crippen molar-refractivity contribution in [1.82, 2.24) is 9.29 Å². The number of aromatic nitrogens is 1. The van der Waals surface area contributed by atoms with Crippen LogP contribution in [0.2, 0.25) is 0 Å². The Morgan fingerprint density at radius 1 is 1.57 bits per heavy atom. The summed E-state index contributed by atoms with van der Waals surface area (Å²) in [4.78, 5) is 4.25. The number of hydrogen-bond donors (Lipinski definition) is 1. The highest BCUT2D eigenvalue weighted by molar-refractivity contribution is 9.10. The summed E-state index contributed by atoms with van der Waals surface area (Å²) in [6, 6.07) is 3.10. The van der Waals surface area contributed by atoms with Crippen LogP contribution >= 0.6 is 15.9 Å². The van der Waals surface area contributed by atoms with Crippen molar-refractivity contribution in [3.05, 3.63) is 16.7 Å². The highest BCUT2D eigenvalue weighted by atomic mass is 79.9. The van der Waals surface area contributed by atoms with Crippen LogP contribution < -0.4 is 5.32 Å². The largest absolute Gasteiger partial charge is 0.369 e. The van der Waals surface area contributed by atoms with Crippen LogP contribution in [0, 0.1) is 11.3 Å². The van der Waals surface area contributed by atoms with Crippen molar-refractivity contribution in [2.24, 2.45) is 0 Å². The number of hydrogen-bond acceptors (Lipinski definition) is 5. The number of halogens is 1. The molecular formula is C13H19BrN4O2S. The third-order valence-electron chi connectivity index (χ3n) is 3.03. The highest BCUT2D eigenvalue weighted by Gasteiger charge is 2.28. The summed E-state index contributed by atoms with van der Waals surface area (Å²) in [5.41, 5.74) is 0. The minimum Gasteiger partial charge on any atom is -0.369 e. The highest BCUT2D eigenvalue weighted by Crippen LogP contribution is 2.26. The molecule has 1 aromatic rings. The predicted molar refractivity (Wildman–Crippen MR) is 85.4 cm³/mol. The minimum absolute atomic E-state index is 0.109. The summed E-state index contributed by atoms with van der Waals surface area (Å²) >= 11 is 3.25. The van der Waals surface area contributed by atoms with Gasteiger partial charge in [0.15, 0.2) is 0 Å². The lowest BCUT2D eigenvalue weighted by molar-refractivity contribution is 0.393. The van der Waals surface area contributed by atoms with Gasteiger partial charge in [0, 0.05) is 30.3 Å². The Labute approximate surface area is 134 Å². The van der Waals surface area contributed by atoms with Crippen LogP contribution in [0.1, 0.15) is 26.7 Å². The van der Waals surface area contributed by atoms with Crippen molar-refractivity contribution >= 4 is 31.8 Å². The van der Waals surface area contributed by atoms with Crippen LogP contribution in [-0.4, -0.2) is 37.3 Å². The molecule has 21 heavy (non-hydrogen) atoms. The second-order valence-electron chi connectivity index (χ2n) is 4.66. The number of rotatable bonds is 7. The molecule has 0 radical (unpaired) electrons. The SMILES string of the molecule is CCCNc1ncc(Br)cc1S(=O)(=O)N(C)C(C)CC#N. The molecule has 0 aliphatic heterocycles. The zero-order chi connectivity index (χ0) is 16.0. The zero-order valence-corrected chi connectivity index (χ0v) is 14.7. The average Bonchev–Trinajstić information content (AvgIpc) is 2.45. The molecule has 0 bridgehead atoms. The molecule has 0 fully saturated rings. The van der Waals surface area contributed by atoms with E-state index in [0.29, 0.717) is 16.8 Å². The van der Waals surface area contributed by atoms with Gasteiger partial charge in [-0.3, -0.25) is 0 Å². The quantitative estimate of drug-likeness (QED) is 0.792. The van der Waals surface area contributed by atoms with E-state index in [0.717, 1.165) is 6.42 Å². The molecule has 1 aromatic heterocycles. The van der Waals surface area contributed by atoms with Gasteiger partial charge in [-0.2, -0.15) is 9.57 Å².